The Hall–Kier alpha value is -1.65. The second-order valence-corrected chi connectivity index (χ2v) is 9.08. The van der Waals surface area contributed by atoms with Gasteiger partial charge in [0.1, 0.15) is 0 Å². The van der Waals surface area contributed by atoms with Crippen molar-refractivity contribution >= 4 is 9.84 Å². The Kier molecular flexibility index (Phi) is 3.85. The molecule has 1 N–H and O–H groups in total. The lowest BCUT2D eigenvalue weighted by Crippen LogP contribution is -2.37. The smallest absolute Gasteiger partial charge is 0.179 e. The van der Waals surface area contributed by atoms with Crippen molar-refractivity contribution in [2.45, 2.75) is 37.7 Å². The molecule has 0 amide bonds. The van der Waals surface area contributed by atoms with Crippen LogP contribution in [0.3, 0.4) is 0 Å². The van der Waals surface area contributed by atoms with Crippen molar-refractivity contribution in [2.24, 2.45) is 5.41 Å². The molecule has 0 radical (unpaired) electrons. The van der Waals surface area contributed by atoms with Gasteiger partial charge in [0.2, 0.25) is 0 Å². The van der Waals surface area contributed by atoms with Crippen LogP contribution >= 0.6 is 0 Å². The molecular formula is C19H22O3S. The predicted molar refractivity (Wildman–Crippen MR) is 91.3 cm³/mol. The summed E-state index contributed by atoms with van der Waals surface area (Å²) in [5.41, 5.74) is 1.91. The Balaban J connectivity index is 2.33. The average molecular weight is 330 g/mol. The van der Waals surface area contributed by atoms with E-state index in [2.05, 4.69) is 0 Å². The standard InChI is InChI=1S/C19H22O3S/c1-13-9-10-16-15(11-13)17(14-7-5-4-6-8-14)18(20)19(2,3)12-23(16,21)22/h4-11,17-18,20H,12H2,1-3H3. The van der Waals surface area contributed by atoms with Crippen LogP contribution < -0.4 is 0 Å². The van der Waals surface area contributed by atoms with E-state index in [1.807, 2.05) is 63.2 Å². The summed E-state index contributed by atoms with van der Waals surface area (Å²) in [6.07, 6.45) is -0.775. The molecule has 0 aliphatic carbocycles. The van der Waals surface area contributed by atoms with E-state index in [1.165, 1.54) is 0 Å². The van der Waals surface area contributed by atoms with E-state index in [1.54, 1.807) is 6.07 Å². The van der Waals surface area contributed by atoms with Gasteiger partial charge in [-0.25, -0.2) is 8.42 Å². The van der Waals surface area contributed by atoms with Crippen LogP contribution in [0.15, 0.2) is 53.4 Å². The minimum Gasteiger partial charge on any atom is -0.392 e. The molecule has 3 rings (SSSR count). The minimum absolute atomic E-state index is 0.0550. The van der Waals surface area contributed by atoms with Crippen molar-refractivity contribution in [3.05, 3.63) is 65.2 Å². The Bertz CT molecular complexity index is 823. The zero-order valence-electron chi connectivity index (χ0n) is 13.7. The van der Waals surface area contributed by atoms with Crippen molar-refractivity contribution in [1.82, 2.24) is 0 Å². The fraction of sp³-hybridized carbons (Fsp3) is 0.368. The number of fused-ring (bicyclic) bond motifs is 1. The maximum atomic E-state index is 12.8. The van der Waals surface area contributed by atoms with E-state index >= 15 is 0 Å². The summed E-state index contributed by atoms with van der Waals surface area (Å²) in [5.74, 6) is -0.404. The van der Waals surface area contributed by atoms with Gasteiger partial charge in [-0.3, -0.25) is 0 Å². The second kappa shape index (κ2) is 5.46. The van der Waals surface area contributed by atoms with E-state index in [4.69, 9.17) is 0 Å². The van der Waals surface area contributed by atoms with Crippen molar-refractivity contribution in [1.29, 1.82) is 0 Å². The molecule has 122 valence electrons. The summed E-state index contributed by atoms with van der Waals surface area (Å²) in [7, 11) is -3.44. The lowest BCUT2D eigenvalue weighted by atomic mass is 9.75. The Morgan fingerprint density at radius 2 is 1.74 bits per heavy atom. The number of aryl methyl sites for hydroxylation is 1. The predicted octanol–water partition coefficient (Wildman–Crippen LogP) is 3.30. The summed E-state index contributed by atoms with van der Waals surface area (Å²) in [6, 6.07) is 15.1. The first-order chi connectivity index (χ1) is 10.7. The maximum Gasteiger partial charge on any atom is 0.179 e. The summed E-state index contributed by atoms with van der Waals surface area (Å²) in [6.45, 7) is 5.59. The highest BCUT2D eigenvalue weighted by molar-refractivity contribution is 7.91. The highest BCUT2D eigenvalue weighted by Gasteiger charge is 2.44. The van der Waals surface area contributed by atoms with Gasteiger partial charge >= 0.3 is 0 Å². The summed E-state index contributed by atoms with van der Waals surface area (Å²) in [4.78, 5) is 0.349. The van der Waals surface area contributed by atoms with Crippen LogP contribution in [0.25, 0.3) is 0 Å². The van der Waals surface area contributed by atoms with Crippen molar-refractivity contribution in [3.8, 4) is 0 Å². The number of sulfone groups is 1. The van der Waals surface area contributed by atoms with E-state index < -0.39 is 21.4 Å². The normalized spacial score (nSPS) is 25.4. The number of aliphatic hydroxyl groups excluding tert-OH is 1. The van der Waals surface area contributed by atoms with Gasteiger partial charge in [0.05, 0.1) is 16.8 Å². The average Bonchev–Trinajstić information content (AvgIpc) is 2.52. The van der Waals surface area contributed by atoms with Gasteiger partial charge in [-0.15, -0.1) is 0 Å². The van der Waals surface area contributed by atoms with Crippen LogP contribution in [0.1, 0.15) is 36.5 Å². The molecule has 4 heteroatoms. The SMILES string of the molecule is Cc1ccc2c(c1)C(c1ccccc1)C(O)C(C)(C)CS2(=O)=O. The molecule has 0 saturated heterocycles. The van der Waals surface area contributed by atoms with Crippen LogP contribution in [0, 0.1) is 12.3 Å². The zero-order valence-corrected chi connectivity index (χ0v) is 14.5. The molecule has 0 saturated carbocycles. The third kappa shape index (κ3) is 2.81. The van der Waals surface area contributed by atoms with Gasteiger partial charge < -0.3 is 5.11 Å². The molecule has 0 spiro atoms. The summed E-state index contributed by atoms with van der Waals surface area (Å²) >= 11 is 0. The quantitative estimate of drug-likeness (QED) is 0.873. The number of hydrogen-bond donors (Lipinski definition) is 1. The van der Waals surface area contributed by atoms with Gasteiger partial charge in [-0.05, 0) is 24.1 Å². The fourth-order valence-electron chi connectivity index (χ4n) is 3.49. The lowest BCUT2D eigenvalue weighted by molar-refractivity contribution is 0.0521. The second-order valence-electron chi connectivity index (χ2n) is 7.12. The van der Waals surface area contributed by atoms with Gasteiger partial charge in [0.15, 0.2) is 9.84 Å². The molecule has 23 heavy (non-hydrogen) atoms. The Morgan fingerprint density at radius 1 is 1.09 bits per heavy atom. The summed E-state index contributed by atoms with van der Waals surface area (Å²) < 4.78 is 25.7. The number of hydrogen-bond acceptors (Lipinski definition) is 3. The maximum absolute atomic E-state index is 12.8. The largest absolute Gasteiger partial charge is 0.392 e. The number of aliphatic hydroxyl groups is 1. The van der Waals surface area contributed by atoms with E-state index in [0.717, 1.165) is 11.1 Å². The number of rotatable bonds is 1. The van der Waals surface area contributed by atoms with E-state index in [-0.39, 0.29) is 11.7 Å². The van der Waals surface area contributed by atoms with Crippen LogP contribution in [-0.2, 0) is 9.84 Å². The van der Waals surface area contributed by atoms with Gasteiger partial charge in [0, 0.05) is 11.3 Å². The third-order valence-electron chi connectivity index (χ3n) is 4.67. The zero-order chi connectivity index (χ0) is 16.8. The molecule has 1 heterocycles. The highest BCUT2D eigenvalue weighted by Crippen LogP contribution is 2.44. The van der Waals surface area contributed by atoms with Crippen LogP contribution in [0.4, 0.5) is 0 Å². The van der Waals surface area contributed by atoms with Crippen molar-refractivity contribution in [2.75, 3.05) is 5.75 Å². The highest BCUT2D eigenvalue weighted by atomic mass is 32.2. The Morgan fingerprint density at radius 3 is 2.39 bits per heavy atom. The third-order valence-corrected chi connectivity index (χ3v) is 6.84. The molecule has 2 atom stereocenters. The molecule has 1 aliphatic rings. The lowest BCUT2D eigenvalue weighted by Gasteiger charge is -2.33. The molecule has 2 aromatic rings. The Labute approximate surface area is 137 Å². The minimum atomic E-state index is -3.44. The molecule has 1 aliphatic heterocycles. The molecular weight excluding hydrogens is 308 g/mol. The van der Waals surface area contributed by atoms with Crippen molar-refractivity contribution in [3.63, 3.8) is 0 Å². The topological polar surface area (TPSA) is 54.4 Å². The van der Waals surface area contributed by atoms with Gasteiger partial charge in [0.25, 0.3) is 0 Å². The first-order valence-corrected chi connectivity index (χ1v) is 9.44. The number of benzene rings is 2. The first-order valence-electron chi connectivity index (χ1n) is 7.79. The van der Waals surface area contributed by atoms with Gasteiger partial charge in [-0.2, -0.15) is 0 Å². The van der Waals surface area contributed by atoms with E-state index in [0.29, 0.717) is 10.5 Å². The molecule has 2 unspecified atom stereocenters. The van der Waals surface area contributed by atoms with Crippen LogP contribution in [0.2, 0.25) is 0 Å². The fourth-order valence-corrected chi connectivity index (χ4v) is 5.62. The van der Waals surface area contributed by atoms with Gasteiger partial charge in [-0.1, -0.05) is 61.9 Å². The molecule has 3 nitrogen and oxygen atoms in total. The molecule has 0 bridgehead atoms. The van der Waals surface area contributed by atoms with Crippen LogP contribution in [-0.4, -0.2) is 25.4 Å². The van der Waals surface area contributed by atoms with E-state index in [9.17, 15) is 13.5 Å². The molecule has 0 fully saturated rings. The van der Waals surface area contributed by atoms with Crippen LogP contribution in [0.5, 0.6) is 0 Å². The molecule has 0 aromatic heterocycles. The monoisotopic (exact) mass is 330 g/mol. The first kappa shape index (κ1) is 16.2. The van der Waals surface area contributed by atoms with Crippen molar-refractivity contribution < 1.29 is 13.5 Å². The summed E-state index contributed by atoms with van der Waals surface area (Å²) in [5, 5.41) is 11.0. The molecule has 2 aromatic carbocycles.